The Labute approximate surface area is 117 Å². The zero-order valence-electron chi connectivity index (χ0n) is 10.9. The first-order chi connectivity index (χ1) is 9.20. The van der Waals surface area contributed by atoms with Gasteiger partial charge < -0.3 is 4.74 Å². The highest BCUT2D eigenvalue weighted by atomic mass is 32.2. The number of pyridine rings is 1. The monoisotopic (exact) mass is 273 g/mol. The van der Waals surface area contributed by atoms with Gasteiger partial charge in [0.1, 0.15) is 11.4 Å². The summed E-state index contributed by atoms with van der Waals surface area (Å²) < 4.78 is 5.14. The molecule has 0 unspecified atom stereocenters. The molecule has 2 rings (SSSR count). The number of aromatic nitrogens is 1. The SMILES string of the molecule is COc1cccnc1C(=O)CSc1ccc(C)cc1. The molecule has 0 fully saturated rings. The van der Waals surface area contributed by atoms with Gasteiger partial charge in [-0.1, -0.05) is 17.7 Å². The van der Waals surface area contributed by atoms with Crippen molar-refractivity contribution < 1.29 is 9.53 Å². The van der Waals surface area contributed by atoms with E-state index in [1.54, 1.807) is 25.4 Å². The fourth-order valence-corrected chi connectivity index (χ4v) is 2.38. The molecule has 0 atom stereocenters. The van der Waals surface area contributed by atoms with Crippen molar-refractivity contribution >= 4 is 17.5 Å². The molecule has 98 valence electrons. The minimum atomic E-state index is -0.0250. The number of nitrogens with zero attached hydrogens (tertiary/aromatic N) is 1. The van der Waals surface area contributed by atoms with Crippen molar-refractivity contribution in [1.82, 2.24) is 4.98 Å². The Morgan fingerprint density at radius 2 is 2.00 bits per heavy atom. The van der Waals surface area contributed by atoms with E-state index >= 15 is 0 Å². The summed E-state index contributed by atoms with van der Waals surface area (Å²) in [5, 5.41) is 0. The van der Waals surface area contributed by atoms with Gasteiger partial charge in [0.25, 0.3) is 0 Å². The largest absolute Gasteiger partial charge is 0.494 e. The molecular formula is C15H15NO2S. The standard InChI is InChI=1S/C15H15NO2S/c1-11-5-7-12(8-6-11)19-10-13(17)15-14(18-2)4-3-9-16-15/h3-9H,10H2,1-2H3. The van der Waals surface area contributed by atoms with Crippen molar-refractivity contribution in [2.24, 2.45) is 0 Å². The molecule has 0 spiro atoms. The van der Waals surface area contributed by atoms with Crippen molar-refractivity contribution in [1.29, 1.82) is 0 Å². The topological polar surface area (TPSA) is 39.2 Å². The van der Waals surface area contributed by atoms with Gasteiger partial charge in [-0.25, -0.2) is 4.98 Å². The van der Waals surface area contributed by atoms with Crippen molar-refractivity contribution in [2.45, 2.75) is 11.8 Å². The third-order valence-corrected chi connectivity index (χ3v) is 3.66. The number of methoxy groups -OCH3 is 1. The number of rotatable bonds is 5. The molecule has 3 nitrogen and oxygen atoms in total. The third kappa shape index (κ3) is 3.58. The van der Waals surface area contributed by atoms with Crippen LogP contribution < -0.4 is 4.74 Å². The van der Waals surface area contributed by atoms with E-state index in [0.717, 1.165) is 4.90 Å². The number of ketones is 1. The zero-order valence-corrected chi connectivity index (χ0v) is 11.7. The number of thioether (sulfide) groups is 1. The fourth-order valence-electron chi connectivity index (χ4n) is 1.62. The fraction of sp³-hybridized carbons (Fsp3) is 0.200. The van der Waals surface area contributed by atoms with Crippen LogP contribution in [-0.4, -0.2) is 23.6 Å². The molecule has 4 heteroatoms. The maximum absolute atomic E-state index is 12.1. The minimum absolute atomic E-state index is 0.0250. The Morgan fingerprint density at radius 1 is 1.26 bits per heavy atom. The summed E-state index contributed by atoms with van der Waals surface area (Å²) in [5.74, 6) is 0.858. The number of hydrogen-bond acceptors (Lipinski definition) is 4. The molecule has 0 aliphatic carbocycles. The molecule has 1 heterocycles. The van der Waals surface area contributed by atoms with Crippen LogP contribution in [0.25, 0.3) is 0 Å². The van der Waals surface area contributed by atoms with E-state index in [1.165, 1.54) is 17.3 Å². The van der Waals surface area contributed by atoms with Crippen molar-refractivity contribution in [3.63, 3.8) is 0 Å². The van der Waals surface area contributed by atoms with Crippen LogP contribution in [0.15, 0.2) is 47.5 Å². The Balaban J connectivity index is 2.03. The smallest absolute Gasteiger partial charge is 0.195 e. The molecule has 0 amide bonds. The molecule has 1 aromatic carbocycles. The van der Waals surface area contributed by atoms with Gasteiger partial charge in [-0.15, -0.1) is 11.8 Å². The van der Waals surface area contributed by atoms with E-state index in [4.69, 9.17) is 4.74 Å². The molecule has 0 aliphatic heterocycles. The van der Waals surface area contributed by atoms with Gasteiger partial charge in [-0.3, -0.25) is 4.79 Å². The predicted octanol–water partition coefficient (Wildman–Crippen LogP) is 3.37. The lowest BCUT2D eigenvalue weighted by Gasteiger charge is -2.06. The van der Waals surface area contributed by atoms with Crippen LogP contribution in [0.2, 0.25) is 0 Å². The Hall–Kier alpha value is -1.81. The normalized spacial score (nSPS) is 10.2. The summed E-state index contributed by atoms with van der Waals surface area (Å²) in [4.78, 5) is 17.3. The van der Waals surface area contributed by atoms with Gasteiger partial charge in [-0.05, 0) is 31.2 Å². The first kappa shape index (κ1) is 13.6. The van der Waals surface area contributed by atoms with Gasteiger partial charge >= 0.3 is 0 Å². The number of Topliss-reactive ketones (excluding diaryl/α,β-unsaturated/α-hetero) is 1. The molecular weight excluding hydrogens is 258 g/mol. The van der Waals surface area contributed by atoms with Gasteiger partial charge in [0.2, 0.25) is 0 Å². The van der Waals surface area contributed by atoms with E-state index in [2.05, 4.69) is 4.98 Å². The predicted molar refractivity (Wildman–Crippen MR) is 77.0 cm³/mol. The maximum Gasteiger partial charge on any atom is 0.195 e. The number of ether oxygens (including phenoxy) is 1. The average Bonchev–Trinajstić information content (AvgIpc) is 2.46. The molecule has 1 aromatic heterocycles. The van der Waals surface area contributed by atoms with Crippen LogP contribution in [0.4, 0.5) is 0 Å². The average molecular weight is 273 g/mol. The summed E-state index contributed by atoms with van der Waals surface area (Å²) in [7, 11) is 1.54. The van der Waals surface area contributed by atoms with Crippen LogP contribution in [0.5, 0.6) is 5.75 Å². The number of benzene rings is 1. The number of aryl methyl sites for hydroxylation is 1. The highest BCUT2D eigenvalue weighted by molar-refractivity contribution is 8.00. The lowest BCUT2D eigenvalue weighted by molar-refractivity contribution is 0.101. The van der Waals surface area contributed by atoms with Crippen LogP contribution in [0, 0.1) is 6.92 Å². The van der Waals surface area contributed by atoms with Crippen molar-refractivity contribution in [2.75, 3.05) is 12.9 Å². The first-order valence-electron chi connectivity index (χ1n) is 5.92. The van der Waals surface area contributed by atoms with Crippen molar-refractivity contribution in [3.05, 3.63) is 53.9 Å². The Morgan fingerprint density at radius 3 is 2.68 bits per heavy atom. The summed E-state index contributed by atoms with van der Waals surface area (Å²) >= 11 is 1.51. The van der Waals surface area contributed by atoms with Gasteiger partial charge in [-0.2, -0.15) is 0 Å². The van der Waals surface area contributed by atoms with E-state index in [0.29, 0.717) is 17.2 Å². The first-order valence-corrected chi connectivity index (χ1v) is 6.91. The second-order valence-corrected chi connectivity index (χ2v) is 5.13. The molecule has 2 aromatic rings. The Bertz CT molecular complexity index is 567. The van der Waals surface area contributed by atoms with E-state index in [9.17, 15) is 4.79 Å². The van der Waals surface area contributed by atoms with Crippen molar-refractivity contribution in [3.8, 4) is 5.75 Å². The summed E-state index contributed by atoms with van der Waals surface area (Å²) in [6, 6.07) is 11.6. The van der Waals surface area contributed by atoms with Gasteiger partial charge in [0.15, 0.2) is 5.78 Å². The maximum atomic E-state index is 12.1. The summed E-state index contributed by atoms with van der Waals surface area (Å²) in [6.45, 7) is 2.04. The minimum Gasteiger partial charge on any atom is -0.494 e. The zero-order chi connectivity index (χ0) is 13.7. The lowest BCUT2D eigenvalue weighted by Crippen LogP contribution is -2.07. The van der Waals surface area contributed by atoms with Gasteiger partial charge in [0, 0.05) is 11.1 Å². The van der Waals surface area contributed by atoms with Crippen LogP contribution >= 0.6 is 11.8 Å². The Kier molecular flexibility index (Phi) is 4.58. The van der Waals surface area contributed by atoms with Crippen LogP contribution in [-0.2, 0) is 0 Å². The highest BCUT2D eigenvalue weighted by Gasteiger charge is 2.13. The summed E-state index contributed by atoms with van der Waals surface area (Å²) in [5.41, 5.74) is 1.60. The molecule has 0 saturated heterocycles. The molecule has 0 saturated carbocycles. The quantitative estimate of drug-likeness (QED) is 0.618. The summed E-state index contributed by atoms with van der Waals surface area (Å²) in [6.07, 6.45) is 1.60. The van der Waals surface area contributed by atoms with E-state index in [-0.39, 0.29) is 5.78 Å². The third-order valence-electron chi connectivity index (χ3n) is 2.65. The highest BCUT2D eigenvalue weighted by Crippen LogP contribution is 2.22. The van der Waals surface area contributed by atoms with E-state index < -0.39 is 0 Å². The second-order valence-electron chi connectivity index (χ2n) is 4.08. The van der Waals surface area contributed by atoms with Crippen LogP contribution in [0.3, 0.4) is 0 Å². The second kappa shape index (κ2) is 6.38. The number of carbonyl (C=O) groups is 1. The van der Waals surface area contributed by atoms with E-state index in [1.807, 2.05) is 31.2 Å². The molecule has 19 heavy (non-hydrogen) atoms. The molecule has 0 bridgehead atoms. The molecule has 0 radical (unpaired) electrons. The molecule has 0 N–H and O–H groups in total. The number of hydrogen-bond donors (Lipinski definition) is 0. The van der Waals surface area contributed by atoms with Crippen LogP contribution in [0.1, 0.15) is 16.1 Å². The van der Waals surface area contributed by atoms with Gasteiger partial charge in [0.05, 0.1) is 12.9 Å². The molecule has 0 aliphatic rings. The lowest BCUT2D eigenvalue weighted by atomic mass is 10.2. The number of carbonyl (C=O) groups excluding carboxylic acids is 1.